The highest BCUT2D eigenvalue weighted by molar-refractivity contribution is 5.17. The lowest BCUT2D eigenvalue weighted by Gasteiger charge is -2.38. The Labute approximate surface area is 138 Å². The van der Waals surface area contributed by atoms with Gasteiger partial charge in [-0.1, -0.05) is 32.6 Å². The van der Waals surface area contributed by atoms with Crippen LogP contribution in [0.3, 0.4) is 0 Å². The Kier molecular flexibility index (Phi) is 5.66. The van der Waals surface area contributed by atoms with E-state index in [9.17, 15) is 8.78 Å². The second-order valence-electron chi connectivity index (χ2n) is 7.70. The van der Waals surface area contributed by atoms with Crippen molar-refractivity contribution in [3.8, 4) is 0 Å². The minimum Gasteiger partial charge on any atom is -0.190 e. The number of pyridine rings is 1. The number of hydrogen-bond donors (Lipinski definition) is 0. The molecule has 0 radical (unpaired) electrons. The van der Waals surface area contributed by atoms with E-state index in [2.05, 4.69) is 11.9 Å². The second kappa shape index (κ2) is 7.72. The average Bonchev–Trinajstić information content (AvgIpc) is 2.56. The summed E-state index contributed by atoms with van der Waals surface area (Å²) in [5.74, 6) is 1.59. The van der Waals surface area contributed by atoms with E-state index >= 15 is 0 Å². The molecule has 23 heavy (non-hydrogen) atoms. The molecule has 1 heterocycles. The van der Waals surface area contributed by atoms with Crippen LogP contribution < -0.4 is 0 Å². The van der Waals surface area contributed by atoms with Crippen molar-refractivity contribution in [3.63, 3.8) is 0 Å². The smallest absolute Gasteiger partial charge is 0.190 e. The van der Waals surface area contributed by atoms with Crippen molar-refractivity contribution >= 4 is 0 Å². The molecule has 2 saturated carbocycles. The Morgan fingerprint density at radius 3 is 2.09 bits per heavy atom. The topological polar surface area (TPSA) is 12.9 Å². The molecule has 0 saturated heterocycles. The normalized spacial score (nSPS) is 32.0. The van der Waals surface area contributed by atoms with Gasteiger partial charge >= 0.3 is 0 Å². The lowest BCUT2D eigenvalue weighted by Crippen LogP contribution is -2.25. The predicted octanol–water partition coefficient (Wildman–Crippen LogP) is 6.24. The van der Waals surface area contributed by atoms with E-state index in [0.717, 1.165) is 30.6 Å². The molecule has 0 N–H and O–H groups in total. The van der Waals surface area contributed by atoms with Gasteiger partial charge in [-0.05, 0) is 74.3 Å². The molecule has 2 aliphatic rings. The highest BCUT2D eigenvalue weighted by Crippen LogP contribution is 2.44. The molecule has 1 aromatic rings. The van der Waals surface area contributed by atoms with Gasteiger partial charge < -0.3 is 0 Å². The van der Waals surface area contributed by atoms with Gasteiger partial charge in [0.25, 0.3) is 0 Å². The van der Waals surface area contributed by atoms with Gasteiger partial charge in [-0.15, -0.1) is 0 Å². The fraction of sp³-hybridized carbons (Fsp3) is 0.750. The summed E-state index contributed by atoms with van der Waals surface area (Å²) in [5.41, 5.74) is 0.622. The molecule has 2 aliphatic carbocycles. The third-order valence-electron chi connectivity index (χ3n) is 6.31. The molecule has 0 amide bonds. The SMILES string of the molecule is CCC[C@H]1CC[C@H](C2CCC(c3ccc(F)nc3F)CC2)CC1. The van der Waals surface area contributed by atoms with Crippen LogP contribution in [0.25, 0.3) is 0 Å². The lowest BCUT2D eigenvalue weighted by molar-refractivity contribution is 0.156. The first-order chi connectivity index (χ1) is 11.2. The summed E-state index contributed by atoms with van der Waals surface area (Å²) in [6, 6.07) is 2.89. The summed E-state index contributed by atoms with van der Waals surface area (Å²) >= 11 is 0. The molecular weight excluding hydrogens is 292 g/mol. The standard InChI is InChI=1S/C20H29F2N/c1-2-3-14-4-6-15(7-5-14)16-8-10-17(11-9-16)18-12-13-19(21)23-20(18)22/h12-17H,2-11H2,1H3/t14-,15-,16?,17?. The molecule has 3 heteroatoms. The molecule has 0 spiro atoms. The van der Waals surface area contributed by atoms with Crippen molar-refractivity contribution in [2.75, 3.05) is 0 Å². The molecule has 0 aromatic carbocycles. The molecule has 0 aliphatic heterocycles. The Morgan fingerprint density at radius 1 is 0.913 bits per heavy atom. The Bertz CT molecular complexity index is 500. The lowest BCUT2D eigenvalue weighted by atomic mass is 9.68. The number of aromatic nitrogens is 1. The summed E-state index contributed by atoms with van der Waals surface area (Å²) in [4.78, 5) is 3.35. The van der Waals surface area contributed by atoms with Crippen LogP contribution in [0.15, 0.2) is 12.1 Å². The summed E-state index contributed by atoms with van der Waals surface area (Å²) in [6.45, 7) is 2.29. The number of rotatable bonds is 4. The van der Waals surface area contributed by atoms with Crippen molar-refractivity contribution < 1.29 is 8.78 Å². The number of nitrogens with zero attached hydrogens (tertiary/aromatic N) is 1. The Morgan fingerprint density at radius 2 is 1.52 bits per heavy atom. The highest BCUT2D eigenvalue weighted by atomic mass is 19.1. The summed E-state index contributed by atoms with van der Waals surface area (Å²) in [6.07, 6.45) is 12.8. The molecule has 0 bridgehead atoms. The van der Waals surface area contributed by atoms with Crippen LogP contribution in [-0.4, -0.2) is 4.98 Å². The van der Waals surface area contributed by atoms with Crippen molar-refractivity contribution in [1.29, 1.82) is 0 Å². The van der Waals surface area contributed by atoms with Crippen molar-refractivity contribution in [2.24, 2.45) is 17.8 Å². The molecule has 2 fully saturated rings. The van der Waals surface area contributed by atoms with Gasteiger partial charge in [0, 0.05) is 5.56 Å². The largest absolute Gasteiger partial charge is 0.218 e. The van der Waals surface area contributed by atoms with E-state index < -0.39 is 11.9 Å². The van der Waals surface area contributed by atoms with E-state index in [-0.39, 0.29) is 5.92 Å². The minimum absolute atomic E-state index is 0.232. The van der Waals surface area contributed by atoms with Crippen LogP contribution in [0, 0.1) is 29.6 Å². The van der Waals surface area contributed by atoms with Crippen LogP contribution in [0.2, 0.25) is 0 Å². The van der Waals surface area contributed by atoms with Crippen LogP contribution >= 0.6 is 0 Å². The number of halogens is 2. The van der Waals surface area contributed by atoms with Gasteiger partial charge in [-0.2, -0.15) is 13.8 Å². The van der Waals surface area contributed by atoms with E-state index in [1.54, 1.807) is 6.07 Å². The van der Waals surface area contributed by atoms with Crippen LogP contribution in [-0.2, 0) is 0 Å². The van der Waals surface area contributed by atoms with Crippen molar-refractivity contribution in [3.05, 3.63) is 29.6 Å². The van der Waals surface area contributed by atoms with Gasteiger partial charge in [0.05, 0.1) is 0 Å². The zero-order valence-corrected chi connectivity index (χ0v) is 14.2. The van der Waals surface area contributed by atoms with E-state index in [1.807, 2.05) is 0 Å². The molecule has 3 rings (SSSR count). The zero-order valence-electron chi connectivity index (χ0n) is 14.2. The zero-order chi connectivity index (χ0) is 16.2. The summed E-state index contributed by atoms with van der Waals surface area (Å²) in [5, 5.41) is 0. The quantitative estimate of drug-likeness (QED) is 0.598. The van der Waals surface area contributed by atoms with Gasteiger partial charge in [0.15, 0.2) is 0 Å². The van der Waals surface area contributed by atoms with Gasteiger partial charge in [-0.3, -0.25) is 0 Å². The fourth-order valence-corrected chi connectivity index (χ4v) is 4.99. The third kappa shape index (κ3) is 4.10. The second-order valence-corrected chi connectivity index (χ2v) is 7.70. The fourth-order valence-electron chi connectivity index (χ4n) is 4.99. The monoisotopic (exact) mass is 321 g/mol. The van der Waals surface area contributed by atoms with Crippen molar-refractivity contribution in [1.82, 2.24) is 4.98 Å². The Balaban J connectivity index is 1.51. The first kappa shape index (κ1) is 16.9. The summed E-state index contributed by atoms with van der Waals surface area (Å²) in [7, 11) is 0. The predicted molar refractivity (Wildman–Crippen MR) is 89.2 cm³/mol. The number of hydrogen-bond acceptors (Lipinski definition) is 1. The van der Waals surface area contributed by atoms with Crippen molar-refractivity contribution in [2.45, 2.75) is 77.0 Å². The molecule has 128 valence electrons. The maximum atomic E-state index is 13.9. The summed E-state index contributed by atoms with van der Waals surface area (Å²) < 4.78 is 26.8. The Hall–Kier alpha value is -0.990. The minimum atomic E-state index is -0.719. The van der Waals surface area contributed by atoms with E-state index in [0.29, 0.717) is 5.56 Å². The van der Waals surface area contributed by atoms with Crippen LogP contribution in [0.4, 0.5) is 8.78 Å². The molecular formula is C20H29F2N. The van der Waals surface area contributed by atoms with Gasteiger partial charge in [-0.25, -0.2) is 0 Å². The van der Waals surface area contributed by atoms with Gasteiger partial charge in [0.2, 0.25) is 11.9 Å². The highest BCUT2D eigenvalue weighted by Gasteiger charge is 2.31. The van der Waals surface area contributed by atoms with E-state index in [1.165, 1.54) is 57.4 Å². The molecule has 1 nitrogen and oxygen atoms in total. The van der Waals surface area contributed by atoms with Crippen LogP contribution in [0.5, 0.6) is 0 Å². The van der Waals surface area contributed by atoms with E-state index in [4.69, 9.17) is 0 Å². The van der Waals surface area contributed by atoms with Gasteiger partial charge in [0.1, 0.15) is 0 Å². The first-order valence-electron chi connectivity index (χ1n) is 9.49. The first-order valence-corrected chi connectivity index (χ1v) is 9.49. The third-order valence-corrected chi connectivity index (χ3v) is 6.31. The molecule has 1 aromatic heterocycles. The maximum absolute atomic E-state index is 13.9. The maximum Gasteiger partial charge on any atom is 0.218 e. The molecule has 0 unspecified atom stereocenters. The average molecular weight is 321 g/mol. The molecule has 0 atom stereocenters. The van der Waals surface area contributed by atoms with Crippen LogP contribution in [0.1, 0.15) is 82.6 Å².